The largest absolute Gasteiger partial charge is 0.390 e. The van der Waals surface area contributed by atoms with Crippen molar-refractivity contribution < 1.29 is 18.0 Å². The normalized spacial score (nSPS) is 20.6. The van der Waals surface area contributed by atoms with E-state index >= 15 is 0 Å². The van der Waals surface area contributed by atoms with Gasteiger partial charge in [0.05, 0.1) is 12.5 Å². The summed E-state index contributed by atoms with van der Waals surface area (Å²) in [7, 11) is 0. The Kier molecular flexibility index (Phi) is 4.88. The molecule has 0 aliphatic carbocycles. The molecule has 1 aliphatic rings. The second-order valence-electron chi connectivity index (χ2n) is 5.29. The Morgan fingerprint density at radius 2 is 1.90 bits per heavy atom. The maximum atomic E-state index is 12.5. The van der Waals surface area contributed by atoms with Crippen molar-refractivity contribution in [3.8, 4) is 0 Å². The molecule has 1 amide bonds. The summed E-state index contributed by atoms with van der Waals surface area (Å²) in [5.41, 5.74) is 0.950. The Balaban J connectivity index is 2.13. The van der Waals surface area contributed by atoms with Crippen LogP contribution in [-0.2, 0) is 4.79 Å². The van der Waals surface area contributed by atoms with Crippen LogP contribution in [0.25, 0.3) is 0 Å². The van der Waals surface area contributed by atoms with E-state index < -0.39 is 12.6 Å². The molecule has 1 atom stereocenters. The summed E-state index contributed by atoms with van der Waals surface area (Å²) in [4.78, 5) is 15.0. The van der Waals surface area contributed by atoms with Gasteiger partial charge in [0.25, 0.3) is 0 Å². The fourth-order valence-corrected chi connectivity index (χ4v) is 2.64. The molecule has 1 aliphatic heterocycles. The van der Waals surface area contributed by atoms with E-state index in [4.69, 9.17) is 0 Å². The van der Waals surface area contributed by atoms with Gasteiger partial charge in [-0.05, 0) is 5.56 Å². The quantitative estimate of drug-likeness (QED) is 0.857. The molecule has 0 bridgehead atoms. The summed E-state index contributed by atoms with van der Waals surface area (Å²) >= 11 is 0. The average Bonchev–Trinajstić information content (AvgIpc) is 2.45. The zero-order valence-corrected chi connectivity index (χ0v) is 11.9. The first-order valence-electron chi connectivity index (χ1n) is 6.98. The van der Waals surface area contributed by atoms with E-state index in [0.717, 1.165) is 5.56 Å². The van der Waals surface area contributed by atoms with Gasteiger partial charge >= 0.3 is 6.18 Å². The molecular weight excluding hydrogens is 281 g/mol. The van der Waals surface area contributed by atoms with Crippen LogP contribution in [-0.4, -0.2) is 48.1 Å². The molecule has 0 N–H and O–H groups in total. The number of piperazine rings is 1. The van der Waals surface area contributed by atoms with E-state index in [1.165, 1.54) is 6.92 Å². The van der Waals surface area contributed by atoms with Gasteiger partial charge < -0.3 is 4.90 Å². The summed E-state index contributed by atoms with van der Waals surface area (Å²) in [6.07, 6.45) is -4.98. The molecule has 1 fully saturated rings. The molecule has 1 heterocycles. The Morgan fingerprint density at radius 1 is 1.24 bits per heavy atom. The second-order valence-corrected chi connectivity index (χ2v) is 5.29. The average molecular weight is 300 g/mol. The van der Waals surface area contributed by atoms with E-state index in [1.807, 2.05) is 35.2 Å². The predicted octanol–water partition coefficient (Wildman–Crippen LogP) is 2.84. The van der Waals surface area contributed by atoms with Crippen LogP contribution in [0.5, 0.6) is 0 Å². The third-order valence-electron chi connectivity index (χ3n) is 3.80. The van der Waals surface area contributed by atoms with Gasteiger partial charge in [0, 0.05) is 33.1 Å². The van der Waals surface area contributed by atoms with Crippen molar-refractivity contribution >= 4 is 5.91 Å². The molecule has 0 radical (unpaired) electrons. The van der Waals surface area contributed by atoms with Gasteiger partial charge in [0.2, 0.25) is 5.91 Å². The monoisotopic (exact) mass is 300 g/mol. The van der Waals surface area contributed by atoms with E-state index in [9.17, 15) is 18.0 Å². The van der Waals surface area contributed by atoms with Crippen molar-refractivity contribution in [3.05, 3.63) is 35.9 Å². The predicted molar refractivity (Wildman–Crippen MR) is 73.7 cm³/mol. The minimum Gasteiger partial charge on any atom is -0.340 e. The van der Waals surface area contributed by atoms with Gasteiger partial charge in [0.15, 0.2) is 0 Å². The molecular formula is C15H19F3N2O. The number of carbonyl (C=O) groups excluding carboxylic acids is 1. The molecule has 116 valence electrons. The number of benzene rings is 1. The molecule has 1 aromatic rings. The molecule has 0 spiro atoms. The lowest BCUT2D eigenvalue weighted by Crippen LogP contribution is -2.50. The maximum absolute atomic E-state index is 12.5. The van der Waals surface area contributed by atoms with E-state index in [1.54, 1.807) is 4.90 Å². The van der Waals surface area contributed by atoms with Crippen LogP contribution < -0.4 is 0 Å². The lowest BCUT2D eigenvalue weighted by atomic mass is 10.0. The number of halogens is 3. The first kappa shape index (κ1) is 15.8. The van der Waals surface area contributed by atoms with Gasteiger partial charge in [-0.1, -0.05) is 30.3 Å². The second kappa shape index (κ2) is 6.47. The van der Waals surface area contributed by atoms with Crippen molar-refractivity contribution in [1.29, 1.82) is 0 Å². The van der Waals surface area contributed by atoms with Gasteiger partial charge in [0.1, 0.15) is 0 Å². The lowest BCUT2D eigenvalue weighted by Gasteiger charge is -2.41. The van der Waals surface area contributed by atoms with Gasteiger partial charge in [-0.25, -0.2) is 0 Å². The number of carbonyl (C=O) groups is 1. The number of alkyl halides is 3. The van der Waals surface area contributed by atoms with Gasteiger partial charge in [-0.3, -0.25) is 9.69 Å². The third-order valence-corrected chi connectivity index (χ3v) is 3.80. The van der Waals surface area contributed by atoms with Crippen molar-refractivity contribution in [2.75, 3.05) is 26.2 Å². The minimum absolute atomic E-state index is 0.0329. The number of rotatable bonds is 3. The molecule has 0 saturated carbocycles. The SMILES string of the molecule is CC(=O)N1CCN(CCC(F)(F)F)C(c2ccccc2)C1. The van der Waals surface area contributed by atoms with Crippen LogP contribution in [0, 0.1) is 0 Å². The Bertz CT molecular complexity index is 476. The van der Waals surface area contributed by atoms with Crippen molar-refractivity contribution in [3.63, 3.8) is 0 Å². The third kappa shape index (κ3) is 4.46. The summed E-state index contributed by atoms with van der Waals surface area (Å²) in [6, 6.07) is 9.22. The van der Waals surface area contributed by atoms with Crippen LogP contribution in [0.2, 0.25) is 0 Å². The number of hydrogen-bond donors (Lipinski definition) is 0. The zero-order chi connectivity index (χ0) is 15.5. The molecule has 2 rings (SSSR count). The molecule has 1 aromatic carbocycles. The topological polar surface area (TPSA) is 23.6 Å². The Labute approximate surface area is 122 Å². The van der Waals surface area contributed by atoms with Crippen LogP contribution in [0.1, 0.15) is 24.9 Å². The van der Waals surface area contributed by atoms with Crippen LogP contribution in [0.15, 0.2) is 30.3 Å². The van der Waals surface area contributed by atoms with Crippen LogP contribution in [0.3, 0.4) is 0 Å². The fourth-order valence-electron chi connectivity index (χ4n) is 2.64. The highest BCUT2D eigenvalue weighted by Gasteiger charge is 2.33. The van der Waals surface area contributed by atoms with Crippen LogP contribution >= 0.6 is 0 Å². The maximum Gasteiger partial charge on any atom is 0.390 e. The Hall–Kier alpha value is -1.56. The van der Waals surface area contributed by atoms with E-state index in [0.29, 0.717) is 19.6 Å². The molecule has 6 heteroatoms. The minimum atomic E-state index is -4.15. The van der Waals surface area contributed by atoms with Gasteiger partial charge in [-0.15, -0.1) is 0 Å². The highest BCUT2D eigenvalue weighted by atomic mass is 19.4. The highest BCUT2D eigenvalue weighted by molar-refractivity contribution is 5.73. The van der Waals surface area contributed by atoms with E-state index in [2.05, 4.69) is 0 Å². The summed E-state index contributed by atoms with van der Waals surface area (Å²) in [5, 5.41) is 0. The molecule has 3 nitrogen and oxygen atoms in total. The first-order valence-corrected chi connectivity index (χ1v) is 6.98. The summed E-state index contributed by atoms with van der Waals surface area (Å²) in [6.45, 7) is 2.85. The smallest absolute Gasteiger partial charge is 0.340 e. The van der Waals surface area contributed by atoms with Crippen molar-refractivity contribution in [2.24, 2.45) is 0 Å². The molecule has 1 unspecified atom stereocenters. The number of amides is 1. The summed E-state index contributed by atoms with van der Waals surface area (Å²) < 4.78 is 37.4. The summed E-state index contributed by atoms with van der Waals surface area (Å²) in [5.74, 6) is -0.0357. The lowest BCUT2D eigenvalue weighted by molar-refractivity contribution is -0.143. The van der Waals surface area contributed by atoms with Crippen molar-refractivity contribution in [1.82, 2.24) is 9.80 Å². The highest BCUT2D eigenvalue weighted by Crippen LogP contribution is 2.28. The van der Waals surface area contributed by atoms with Gasteiger partial charge in [-0.2, -0.15) is 13.2 Å². The molecule has 21 heavy (non-hydrogen) atoms. The van der Waals surface area contributed by atoms with E-state index in [-0.39, 0.29) is 18.5 Å². The fraction of sp³-hybridized carbons (Fsp3) is 0.533. The zero-order valence-electron chi connectivity index (χ0n) is 11.9. The van der Waals surface area contributed by atoms with Crippen molar-refractivity contribution in [2.45, 2.75) is 25.6 Å². The van der Waals surface area contributed by atoms with Crippen LogP contribution in [0.4, 0.5) is 13.2 Å². The number of nitrogens with zero attached hydrogens (tertiary/aromatic N) is 2. The molecule has 1 saturated heterocycles. The number of hydrogen-bond acceptors (Lipinski definition) is 2. The standard InChI is InChI=1S/C15H19F3N2O/c1-12(21)20-10-9-19(8-7-15(16,17)18)14(11-20)13-5-3-2-4-6-13/h2-6,14H,7-11H2,1H3. The first-order chi connectivity index (χ1) is 9.87. The molecule has 0 aromatic heterocycles. The Morgan fingerprint density at radius 3 is 2.48 bits per heavy atom.